The maximum atomic E-state index is 13.7. The Hall–Kier alpha value is -2.17. The molecule has 1 amide bonds. The minimum Gasteiger partial charge on any atom is -0.376 e. The van der Waals surface area contributed by atoms with Gasteiger partial charge in [-0.15, -0.1) is 0 Å². The quantitative estimate of drug-likeness (QED) is 0.865. The van der Waals surface area contributed by atoms with Gasteiger partial charge in [-0.3, -0.25) is 9.69 Å². The molecule has 25 heavy (non-hydrogen) atoms. The van der Waals surface area contributed by atoms with Crippen molar-refractivity contribution in [1.82, 2.24) is 10.2 Å². The number of ether oxygens (including phenoxy) is 1. The number of carbonyl (C=O) groups excluding carboxylic acids is 1. The van der Waals surface area contributed by atoms with E-state index >= 15 is 0 Å². The molecule has 2 fully saturated rings. The Bertz CT molecular complexity index is 647. The summed E-state index contributed by atoms with van der Waals surface area (Å²) >= 11 is 0. The molecule has 0 aromatic heterocycles. The number of nitrogens with zero attached hydrogens (tertiary/aromatic N) is 3. The Morgan fingerprint density at radius 1 is 1.36 bits per heavy atom. The first kappa shape index (κ1) is 17.6. The van der Waals surface area contributed by atoms with Gasteiger partial charge in [0.15, 0.2) is 0 Å². The van der Waals surface area contributed by atoms with Crippen LogP contribution < -0.4 is 10.2 Å². The van der Waals surface area contributed by atoms with Gasteiger partial charge in [0.25, 0.3) is 0 Å². The van der Waals surface area contributed by atoms with Crippen LogP contribution in [0.3, 0.4) is 0 Å². The molecular weight excluding hydrogens is 323 g/mol. The fraction of sp³-hybridized carbons (Fsp3) is 0.556. The zero-order chi connectivity index (χ0) is 17.6. The molecule has 134 valence electrons. The molecule has 0 spiro atoms. The van der Waals surface area contributed by atoms with E-state index in [0.717, 1.165) is 19.4 Å². The van der Waals surface area contributed by atoms with Gasteiger partial charge < -0.3 is 15.0 Å². The molecule has 6 nitrogen and oxygen atoms in total. The molecular formula is C18H23FN4O2. The number of halogens is 1. The standard InChI is InChI=1S/C18H23FN4O2/c19-16-4-1-5-17(15(16)11-20)23-8-6-22(7-9-23)13-18(24)21-12-14-3-2-10-25-14/h1,4-5,14H,2-3,6-10,12-13H2,(H,21,24). The molecule has 1 aromatic rings. The molecule has 3 rings (SSSR count). The number of anilines is 1. The third kappa shape index (κ3) is 4.47. The summed E-state index contributed by atoms with van der Waals surface area (Å²) in [6.07, 6.45) is 2.22. The van der Waals surface area contributed by atoms with Crippen molar-refractivity contribution in [2.75, 3.05) is 50.8 Å². The van der Waals surface area contributed by atoms with Crippen LogP contribution >= 0.6 is 0 Å². The van der Waals surface area contributed by atoms with Gasteiger partial charge in [0.05, 0.1) is 18.3 Å². The number of amides is 1. The Balaban J connectivity index is 1.46. The lowest BCUT2D eigenvalue weighted by atomic mass is 10.1. The number of hydrogen-bond acceptors (Lipinski definition) is 5. The smallest absolute Gasteiger partial charge is 0.234 e. The molecule has 0 radical (unpaired) electrons. The van der Waals surface area contributed by atoms with E-state index in [-0.39, 0.29) is 17.6 Å². The zero-order valence-electron chi connectivity index (χ0n) is 14.2. The highest BCUT2D eigenvalue weighted by molar-refractivity contribution is 5.78. The topological polar surface area (TPSA) is 68.6 Å². The first-order valence-corrected chi connectivity index (χ1v) is 8.71. The number of rotatable bonds is 5. The number of nitrogens with one attached hydrogen (secondary N) is 1. The van der Waals surface area contributed by atoms with Crippen LogP contribution in [0.5, 0.6) is 0 Å². The monoisotopic (exact) mass is 346 g/mol. The summed E-state index contributed by atoms with van der Waals surface area (Å²) in [7, 11) is 0. The lowest BCUT2D eigenvalue weighted by Gasteiger charge is -2.36. The summed E-state index contributed by atoms with van der Waals surface area (Å²) in [5, 5.41) is 12.1. The van der Waals surface area contributed by atoms with Crippen LogP contribution in [0, 0.1) is 17.1 Å². The van der Waals surface area contributed by atoms with Crippen molar-refractivity contribution >= 4 is 11.6 Å². The first-order chi connectivity index (χ1) is 12.2. The van der Waals surface area contributed by atoms with Crippen molar-refractivity contribution in [2.45, 2.75) is 18.9 Å². The van der Waals surface area contributed by atoms with E-state index in [9.17, 15) is 9.18 Å². The largest absolute Gasteiger partial charge is 0.376 e. The molecule has 7 heteroatoms. The van der Waals surface area contributed by atoms with Crippen LogP contribution in [0.15, 0.2) is 18.2 Å². The van der Waals surface area contributed by atoms with Gasteiger partial charge in [0.2, 0.25) is 5.91 Å². The Morgan fingerprint density at radius 2 is 2.16 bits per heavy atom. The van der Waals surface area contributed by atoms with Crippen molar-refractivity contribution in [2.24, 2.45) is 0 Å². The highest BCUT2D eigenvalue weighted by atomic mass is 19.1. The number of carbonyl (C=O) groups is 1. The fourth-order valence-electron chi connectivity index (χ4n) is 3.33. The number of piperazine rings is 1. The first-order valence-electron chi connectivity index (χ1n) is 8.71. The van der Waals surface area contributed by atoms with Gasteiger partial charge in [-0.05, 0) is 25.0 Å². The van der Waals surface area contributed by atoms with Crippen LogP contribution in [-0.2, 0) is 9.53 Å². The number of hydrogen-bond donors (Lipinski definition) is 1. The van der Waals surface area contributed by atoms with Gasteiger partial charge in [-0.2, -0.15) is 5.26 Å². The third-order valence-electron chi connectivity index (χ3n) is 4.73. The molecule has 1 aromatic carbocycles. The third-order valence-corrected chi connectivity index (χ3v) is 4.73. The van der Waals surface area contributed by atoms with E-state index in [1.54, 1.807) is 12.1 Å². The van der Waals surface area contributed by atoms with Crippen LogP contribution in [0.25, 0.3) is 0 Å². The predicted molar refractivity (Wildman–Crippen MR) is 91.8 cm³/mol. The summed E-state index contributed by atoms with van der Waals surface area (Å²) in [4.78, 5) is 16.1. The minimum atomic E-state index is -0.490. The molecule has 2 heterocycles. The van der Waals surface area contributed by atoms with Gasteiger partial charge >= 0.3 is 0 Å². The number of nitriles is 1. The van der Waals surface area contributed by atoms with E-state index in [4.69, 9.17) is 10.00 Å². The van der Waals surface area contributed by atoms with E-state index in [1.165, 1.54) is 6.07 Å². The van der Waals surface area contributed by atoms with Crippen molar-refractivity contribution < 1.29 is 13.9 Å². The average molecular weight is 346 g/mol. The molecule has 2 aliphatic rings. The van der Waals surface area contributed by atoms with Crippen LogP contribution in [0.2, 0.25) is 0 Å². The van der Waals surface area contributed by atoms with Crippen molar-refractivity contribution in [3.8, 4) is 6.07 Å². The molecule has 0 saturated carbocycles. The van der Waals surface area contributed by atoms with Gasteiger partial charge in [0, 0.05) is 39.3 Å². The second-order valence-corrected chi connectivity index (χ2v) is 6.45. The lowest BCUT2D eigenvalue weighted by Crippen LogP contribution is -2.50. The molecule has 0 aliphatic carbocycles. The zero-order valence-corrected chi connectivity index (χ0v) is 14.2. The summed E-state index contributed by atoms with van der Waals surface area (Å²) in [5.41, 5.74) is 0.718. The van der Waals surface area contributed by atoms with E-state index < -0.39 is 5.82 Å². The van der Waals surface area contributed by atoms with Gasteiger partial charge in [-0.25, -0.2) is 4.39 Å². The van der Waals surface area contributed by atoms with Gasteiger partial charge in [0.1, 0.15) is 17.4 Å². The molecule has 1 atom stereocenters. The van der Waals surface area contributed by atoms with E-state index in [1.807, 2.05) is 11.0 Å². The second kappa shape index (κ2) is 8.28. The van der Waals surface area contributed by atoms with Crippen LogP contribution in [0.4, 0.5) is 10.1 Å². The molecule has 1 unspecified atom stereocenters. The SMILES string of the molecule is N#Cc1c(F)cccc1N1CCN(CC(=O)NCC2CCCO2)CC1. The highest BCUT2D eigenvalue weighted by Crippen LogP contribution is 2.23. The van der Waals surface area contributed by atoms with Gasteiger partial charge in [-0.1, -0.05) is 6.07 Å². The summed E-state index contributed by atoms with van der Waals surface area (Å²) in [6, 6.07) is 6.63. The lowest BCUT2D eigenvalue weighted by molar-refractivity contribution is -0.122. The van der Waals surface area contributed by atoms with Crippen molar-refractivity contribution in [1.29, 1.82) is 5.26 Å². The molecule has 2 saturated heterocycles. The summed E-state index contributed by atoms with van der Waals surface area (Å²) in [5.74, 6) is -0.483. The van der Waals surface area contributed by atoms with Crippen LogP contribution in [-0.4, -0.2) is 62.8 Å². The maximum Gasteiger partial charge on any atom is 0.234 e. The molecule has 2 aliphatic heterocycles. The normalized spacial score (nSPS) is 21.1. The predicted octanol–water partition coefficient (Wildman–Crippen LogP) is 1.11. The number of benzene rings is 1. The minimum absolute atomic E-state index is 0.00687. The van der Waals surface area contributed by atoms with Crippen molar-refractivity contribution in [3.05, 3.63) is 29.6 Å². The summed E-state index contributed by atoms with van der Waals surface area (Å²) in [6.45, 7) is 4.45. The second-order valence-electron chi connectivity index (χ2n) is 6.45. The van der Waals surface area contributed by atoms with Crippen molar-refractivity contribution in [3.63, 3.8) is 0 Å². The average Bonchev–Trinajstić information content (AvgIpc) is 3.14. The molecule has 1 N–H and O–H groups in total. The highest BCUT2D eigenvalue weighted by Gasteiger charge is 2.22. The molecule has 0 bridgehead atoms. The van der Waals surface area contributed by atoms with E-state index in [0.29, 0.717) is 45.0 Å². The Labute approximate surface area is 147 Å². The Kier molecular flexibility index (Phi) is 5.84. The fourth-order valence-corrected chi connectivity index (χ4v) is 3.33. The Morgan fingerprint density at radius 3 is 2.84 bits per heavy atom. The maximum absolute atomic E-state index is 13.7. The van der Waals surface area contributed by atoms with E-state index in [2.05, 4.69) is 10.2 Å². The summed E-state index contributed by atoms with van der Waals surface area (Å²) < 4.78 is 19.2. The van der Waals surface area contributed by atoms with Crippen LogP contribution in [0.1, 0.15) is 18.4 Å².